The monoisotopic (exact) mass is 1610 g/mol. The lowest BCUT2D eigenvalue weighted by atomic mass is 9.91. The number of alkyl halides is 3. The van der Waals surface area contributed by atoms with Gasteiger partial charge in [0, 0.05) is 200 Å². The van der Waals surface area contributed by atoms with Crippen LogP contribution < -0.4 is 5.73 Å². The molecule has 26 heteroatoms. The molecule has 1 aliphatic carbocycles. The van der Waals surface area contributed by atoms with E-state index in [2.05, 4.69) is 183 Å². The zero-order valence-electron chi connectivity index (χ0n) is 74.0. The number of primary amides is 1. The molecule has 23 nitrogen and oxygen atoms in total. The molecule has 1 saturated carbocycles. The van der Waals surface area contributed by atoms with E-state index in [1.54, 1.807) is 0 Å². The number of carbonyl (C=O) groups excluding carboxylic acids is 2. The summed E-state index contributed by atoms with van der Waals surface area (Å²) in [4.78, 5) is 69.7. The van der Waals surface area contributed by atoms with Gasteiger partial charge in [-0.3, -0.25) is 39.1 Å². The van der Waals surface area contributed by atoms with Crippen LogP contribution in [-0.4, -0.2) is 473 Å². The standard InChI is InChI=1S/C13H25N3O.C12H18N2.C10H20N2O.C9H19N3O.2C9H18N2.2C8H18N2.C7H13F3N2.2CH4/c1-13(2,12(17)15-6-4-5-7-15)16-10-8-14(3)9-11-16;1-14-7-4-11(5-8-14)9-12-3-2-6-13-10-12;1-11-4-2-10(3-5-11)12-6-8-13-9-7-12;1-9(2,8(10)13)12-6-4-11(3)5-7-12;1-10-7-3-9(4-8-10)11-5-2-6-11;1-10-4-6-11(7-5-10)8-9-2-3-9;1-9(2)8-4-6-10(3)7-5-8;1-8(2)10-6-4-9(3)5-7-10;1-11-2-4-12(5-3-11)6-7(8,9)10;;/h4-11H2,1-3H3;2-3,6,10-11H,4-5,7-9H2,1H3;10H,2-9H2,1H3;4-7H2,1-3H3,(H2,10,13);2*9H,2-8H2,1H3;2*8H,4-7H2,1-3H3;2-6H2,1H3;2*1H4. The minimum atomic E-state index is -4.05. The highest BCUT2D eigenvalue weighted by Gasteiger charge is 2.40. The summed E-state index contributed by atoms with van der Waals surface area (Å²) in [6.45, 7) is 52.7. The summed E-state index contributed by atoms with van der Waals surface area (Å²) in [6.07, 6.45) is 18.6. The molecule has 0 atom stereocenters. The summed E-state index contributed by atoms with van der Waals surface area (Å²) < 4.78 is 41.0. The van der Waals surface area contributed by atoms with Crippen molar-refractivity contribution in [3.05, 3.63) is 30.1 Å². The number of ether oxygens (including phenoxy) is 1. The summed E-state index contributed by atoms with van der Waals surface area (Å²) in [5.74, 6) is 2.02. The van der Waals surface area contributed by atoms with Gasteiger partial charge in [-0.15, -0.1) is 0 Å². The van der Waals surface area contributed by atoms with Crippen molar-refractivity contribution in [3.8, 4) is 0 Å². The van der Waals surface area contributed by atoms with E-state index < -0.39 is 18.3 Å². The Morgan fingerprint density at radius 3 is 1.22 bits per heavy atom. The first kappa shape index (κ1) is 103. The quantitative estimate of drug-likeness (QED) is 0.211. The van der Waals surface area contributed by atoms with Gasteiger partial charge < -0.3 is 74.2 Å². The van der Waals surface area contributed by atoms with E-state index in [9.17, 15) is 22.8 Å². The Bertz CT molecular complexity index is 2520. The number of rotatable bonds is 13. The highest BCUT2D eigenvalue weighted by atomic mass is 19.4. The molecule has 0 bridgehead atoms. The topological polar surface area (TPSA) is 141 Å². The normalized spacial score (nSPS) is 24.5. The third kappa shape index (κ3) is 40.4. The zero-order chi connectivity index (χ0) is 81.1. The third-order valence-corrected chi connectivity index (χ3v) is 26.0. The second-order valence-electron chi connectivity index (χ2n) is 36.7. The molecule has 13 aliphatic rings. The number of piperazine rings is 5. The van der Waals surface area contributed by atoms with Crippen LogP contribution in [0.4, 0.5) is 13.2 Å². The van der Waals surface area contributed by atoms with Crippen molar-refractivity contribution in [2.75, 3.05) is 326 Å². The minimum absolute atomic E-state index is 0. The van der Waals surface area contributed by atoms with Gasteiger partial charge in [0.1, 0.15) is 0 Å². The van der Waals surface area contributed by atoms with Crippen LogP contribution in [0.3, 0.4) is 0 Å². The molecule has 13 heterocycles. The molecule has 0 aromatic carbocycles. The van der Waals surface area contributed by atoms with Crippen molar-refractivity contribution in [3.63, 3.8) is 0 Å². The first-order valence-corrected chi connectivity index (χ1v) is 43.9. The van der Waals surface area contributed by atoms with Crippen LogP contribution in [0.1, 0.15) is 145 Å². The fourth-order valence-corrected chi connectivity index (χ4v) is 16.6. The molecule has 1 aromatic rings. The number of aromatic nitrogens is 1. The smallest absolute Gasteiger partial charge is 0.379 e. The van der Waals surface area contributed by atoms with Gasteiger partial charge >= 0.3 is 6.18 Å². The second-order valence-corrected chi connectivity index (χ2v) is 36.7. The number of halogens is 3. The number of likely N-dealkylation sites (tertiary alicyclic amines) is 6. The van der Waals surface area contributed by atoms with Crippen molar-refractivity contribution < 1.29 is 27.5 Å². The van der Waals surface area contributed by atoms with Gasteiger partial charge in [-0.1, -0.05) is 20.9 Å². The SMILES string of the molecule is C.C.CC(C)N1CCN(C)CC1.CN1CCC(Cc2cccnc2)CC1.CN1CCC(N(C)C)CC1.CN1CCC(N2CCC2)CC1.CN1CCC(N2CCOCC2)CC1.CN1CCN(C(C)(C)C(=O)N2CCCC2)CC1.CN1CCN(C(C)(C)C(N)=O)CC1.CN1CCN(CC(F)(F)F)CC1.CN1CCN(CC2CC2)CC1. The molecule has 662 valence electrons. The van der Waals surface area contributed by atoms with Crippen molar-refractivity contribution in [1.29, 1.82) is 0 Å². The predicted octanol–water partition coefficient (Wildman–Crippen LogP) is 7.29. The molecule has 12 aliphatic heterocycles. The Kier molecular flexibility index (Phi) is 48.7. The van der Waals surface area contributed by atoms with Crippen LogP contribution in [0.5, 0.6) is 0 Å². The van der Waals surface area contributed by atoms with Gasteiger partial charge in [-0.25, -0.2) is 0 Å². The fraction of sp³-hybridized carbons (Fsp3) is 0.920. The number of amides is 2. The molecule has 2 N–H and O–H groups in total. The van der Waals surface area contributed by atoms with Gasteiger partial charge in [-0.2, -0.15) is 13.2 Å². The van der Waals surface area contributed by atoms with E-state index in [0.29, 0.717) is 19.0 Å². The average molecular weight is 1610 g/mol. The number of likely N-dealkylation sites (N-methyl/N-ethyl adjacent to an activating group) is 5. The van der Waals surface area contributed by atoms with Crippen LogP contribution in [0.25, 0.3) is 0 Å². The van der Waals surface area contributed by atoms with E-state index in [4.69, 9.17) is 10.5 Å². The molecular weight excluding hydrogens is 1430 g/mol. The molecule has 14 rings (SSSR count). The van der Waals surface area contributed by atoms with Gasteiger partial charge in [0.15, 0.2) is 0 Å². The number of morpholine rings is 1. The maximum absolute atomic E-state index is 12.5. The van der Waals surface area contributed by atoms with Gasteiger partial charge in [0.05, 0.1) is 30.8 Å². The van der Waals surface area contributed by atoms with Crippen LogP contribution in [0.15, 0.2) is 24.5 Å². The third-order valence-electron chi connectivity index (χ3n) is 26.0. The maximum atomic E-state index is 12.5. The van der Waals surface area contributed by atoms with E-state index in [0.717, 1.165) is 141 Å². The maximum Gasteiger partial charge on any atom is 0.401 e. The minimum Gasteiger partial charge on any atom is -0.379 e. The lowest BCUT2D eigenvalue weighted by molar-refractivity contribution is -0.149. The van der Waals surface area contributed by atoms with E-state index >= 15 is 0 Å². The number of hydrogen-bond acceptors (Lipinski definition) is 21. The van der Waals surface area contributed by atoms with Crippen molar-refractivity contribution in [2.24, 2.45) is 17.6 Å². The zero-order valence-corrected chi connectivity index (χ0v) is 74.0. The molecule has 0 radical (unpaired) electrons. The van der Waals surface area contributed by atoms with Crippen LogP contribution in [0, 0.1) is 11.8 Å². The van der Waals surface area contributed by atoms with Gasteiger partial charge in [0.2, 0.25) is 11.8 Å². The molecule has 12 saturated heterocycles. The first-order valence-electron chi connectivity index (χ1n) is 43.9. The van der Waals surface area contributed by atoms with Crippen LogP contribution >= 0.6 is 0 Å². The summed E-state index contributed by atoms with van der Waals surface area (Å²) in [5, 5.41) is 0. The molecule has 1 aromatic heterocycles. The number of pyridine rings is 1. The van der Waals surface area contributed by atoms with Crippen LogP contribution in [-0.2, 0) is 20.7 Å². The number of nitrogens with two attached hydrogens (primary N) is 1. The molecule has 0 spiro atoms. The lowest BCUT2D eigenvalue weighted by Crippen LogP contribution is -2.60. The van der Waals surface area contributed by atoms with E-state index in [1.807, 2.05) is 49.2 Å². The van der Waals surface area contributed by atoms with Crippen molar-refractivity contribution >= 4 is 11.8 Å². The average Bonchev–Trinajstić information content (AvgIpc) is 1.76. The van der Waals surface area contributed by atoms with E-state index in [-0.39, 0.29) is 26.3 Å². The van der Waals surface area contributed by atoms with Crippen molar-refractivity contribution in [2.45, 2.75) is 188 Å². The largest absolute Gasteiger partial charge is 0.401 e. The summed E-state index contributed by atoms with van der Waals surface area (Å²) in [5.41, 5.74) is 5.91. The molecular formula is C87H175F3N20O3. The van der Waals surface area contributed by atoms with Crippen LogP contribution in [0.2, 0.25) is 0 Å². The Morgan fingerprint density at radius 2 is 0.850 bits per heavy atom. The Hall–Kier alpha value is -2.84. The summed E-state index contributed by atoms with van der Waals surface area (Å²) in [6, 6.07) is 7.54. The summed E-state index contributed by atoms with van der Waals surface area (Å²) >= 11 is 0. The Balaban J connectivity index is 0.000000268. The molecule has 113 heavy (non-hydrogen) atoms. The molecule has 2 amide bonds. The number of carbonyl (C=O) groups is 2. The predicted molar refractivity (Wildman–Crippen MR) is 468 cm³/mol. The number of nitrogens with zero attached hydrogens (tertiary/aromatic N) is 19. The highest BCUT2D eigenvalue weighted by Crippen LogP contribution is 2.30. The number of piperidine rings is 4. The van der Waals surface area contributed by atoms with Gasteiger partial charge in [0.25, 0.3) is 0 Å². The Labute approximate surface area is 691 Å². The Morgan fingerprint density at radius 1 is 0.469 bits per heavy atom. The first-order chi connectivity index (χ1) is 52.7. The van der Waals surface area contributed by atoms with Crippen molar-refractivity contribution in [1.82, 2.24) is 93.2 Å². The molecule has 13 fully saturated rings. The fourth-order valence-electron chi connectivity index (χ4n) is 16.6. The highest BCUT2D eigenvalue weighted by molar-refractivity contribution is 5.85. The summed E-state index contributed by atoms with van der Waals surface area (Å²) in [7, 11) is 23.8. The lowest BCUT2D eigenvalue weighted by Gasteiger charge is -2.43. The second kappa shape index (κ2) is 53.7. The van der Waals surface area contributed by atoms with E-state index in [1.165, 1.54) is 225 Å². The number of hydrogen-bond donors (Lipinski definition) is 1. The molecule has 0 unspecified atom stereocenters. The van der Waals surface area contributed by atoms with Gasteiger partial charge in [-0.05, 0) is 298 Å².